The lowest BCUT2D eigenvalue weighted by molar-refractivity contribution is -0.120. The maximum Gasteiger partial charge on any atom is 0.224 e. The molecule has 1 aromatic heterocycles. The lowest BCUT2D eigenvalue weighted by atomic mass is 10.1. The van der Waals surface area contributed by atoms with Gasteiger partial charge in [-0.15, -0.1) is 0 Å². The number of amides is 1. The Morgan fingerprint density at radius 3 is 2.18 bits per heavy atom. The first-order valence-electron chi connectivity index (χ1n) is 7.34. The van der Waals surface area contributed by atoms with E-state index in [9.17, 15) is 4.79 Å². The van der Waals surface area contributed by atoms with Crippen molar-refractivity contribution in [2.24, 2.45) is 0 Å². The number of carbonyl (C=O) groups excluding carboxylic acids is 1. The first-order valence-corrected chi connectivity index (χ1v) is 7.34. The van der Waals surface area contributed by atoms with E-state index in [0.29, 0.717) is 13.0 Å². The third-order valence-corrected chi connectivity index (χ3v) is 3.54. The maximum absolute atomic E-state index is 12.0. The van der Waals surface area contributed by atoms with Gasteiger partial charge in [0.1, 0.15) is 0 Å². The van der Waals surface area contributed by atoms with E-state index in [-0.39, 0.29) is 5.91 Å². The molecule has 0 unspecified atom stereocenters. The number of rotatable bonds is 5. The Kier molecular flexibility index (Phi) is 4.35. The van der Waals surface area contributed by atoms with E-state index < -0.39 is 0 Å². The maximum atomic E-state index is 12.0. The average molecular weight is 290 g/mol. The molecule has 3 aromatic rings. The highest BCUT2D eigenvalue weighted by atomic mass is 16.1. The molecule has 1 N–H and O–H groups in total. The Hall–Kier alpha value is -2.81. The Morgan fingerprint density at radius 1 is 0.818 bits per heavy atom. The molecule has 0 bridgehead atoms. The van der Waals surface area contributed by atoms with Crippen molar-refractivity contribution in [3.8, 4) is 5.69 Å². The molecule has 0 saturated heterocycles. The van der Waals surface area contributed by atoms with Crippen molar-refractivity contribution in [3.63, 3.8) is 0 Å². The molecule has 0 fully saturated rings. The van der Waals surface area contributed by atoms with Gasteiger partial charge in [-0.2, -0.15) is 0 Å². The van der Waals surface area contributed by atoms with Gasteiger partial charge in [0, 0.05) is 24.6 Å². The number of benzene rings is 2. The fraction of sp³-hybridized carbons (Fsp3) is 0.105. The van der Waals surface area contributed by atoms with E-state index in [2.05, 4.69) is 5.32 Å². The Morgan fingerprint density at radius 2 is 1.50 bits per heavy atom. The van der Waals surface area contributed by atoms with Gasteiger partial charge in [-0.25, -0.2) is 0 Å². The molecular formula is C19H18N2O. The predicted octanol–water partition coefficient (Wildman–Crippen LogP) is 3.34. The summed E-state index contributed by atoms with van der Waals surface area (Å²) in [5, 5.41) is 2.95. The van der Waals surface area contributed by atoms with E-state index >= 15 is 0 Å². The molecule has 3 heteroatoms. The van der Waals surface area contributed by atoms with Gasteiger partial charge in [0.05, 0.1) is 6.42 Å². The summed E-state index contributed by atoms with van der Waals surface area (Å²) in [6.45, 7) is 0.571. The van der Waals surface area contributed by atoms with Crippen LogP contribution >= 0.6 is 0 Å². The molecule has 0 atom stereocenters. The first-order chi connectivity index (χ1) is 10.8. The predicted molar refractivity (Wildman–Crippen MR) is 87.8 cm³/mol. The zero-order valence-corrected chi connectivity index (χ0v) is 12.3. The summed E-state index contributed by atoms with van der Waals surface area (Å²) >= 11 is 0. The van der Waals surface area contributed by atoms with E-state index in [1.54, 1.807) is 0 Å². The summed E-state index contributed by atoms with van der Waals surface area (Å²) in [4.78, 5) is 12.0. The number of hydrogen-bond acceptors (Lipinski definition) is 1. The molecule has 1 heterocycles. The molecule has 0 aliphatic rings. The second-order valence-electron chi connectivity index (χ2n) is 5.20. The second kappa shape index (κ2) is 6.76. The van der Waals surface area contributed by atoms with Crippen LogP contribution in [0.15, 0.2) is 79.1 Å². The molecule has 110 valence electrons. The van der Waals surface area contributed by atoms with Gasteiger partial charge in [0.2, 0.25) is 5.91 Å². The number of aromatic nitrogens is 1. The van der Waals surface area contributed by atoms with Gasteiger partial charge in [-0.3, -0.25) is 4.79 Å². The number of nitrogens with one attached hydrogen (secondary N) is 1. The number of nitrogens with zero attached hydrogens (tertiary/aromatic N) is 1. The third kappa shape index (κ3) is 3.64. The fourth-order valence-corrected chi connectivity index (χ4v) is 2.34. The minimum atomic E-state index is 0.0394. The average Bonchev–Trinajstić information content (AvgIpc) is 3.09. The summed E-state index contributed by atoms with van der Waals surface area (Å²) in [6, 6.07) is 22.0. The van der Waals surface area contributed by atoms with Crippen molar-refractivity contribution in [1.29, 1.82) is 0 Å². The molecule has 0 spiro atoms. The van der Waals surface area contributed by atoms with Crippen molar-refractivity contribution in [3.05, 3.63) is 90.3 Å². The van der Waals surface area contributed by atoms with Crippen molar-refractivity contribution in [1.82, 2.24) is 9.88 Å². The van der Waals surface area contributed by atoms with Crippen LogP contribution in [0.4, 0.5) is 0 Å². The van der Waals surface area contributed by atoms with E-state index in [1.807, 2.05) is 83.7 Å². The van der Waals surface area contributed by atoms with E-state index in [1.165, 1.54) is 0 Å². The van der Waals surface area contributed by atoms with Gasteiger partial charge in [0.25, 0.3) is 0 Å². The highest BCUT2D eigenvalue weighted by molar-refractivity contribution is 5.78. The van der Waals surface area contributed by atoms with Crippen LogP contribution in [-0.4, -0.2) is 10.5 Å². The van der Waals surface area contributed by atoms with Crippen LogP contribution in [0.25, 0.3) is 5.69 Å². The molecule has 3 rings (SSSR count). The van der Waals surface area contributed by atoms with Gasteiger partial charge >= 0.3 is 0 Å². The highest BCUT2D eigenvalue weighted by Gasteiger charge is 2.04. The molecule has 1 amide bonds. The summed E-state index contributed by atoms with van der Waals surface area (Å²) in [5.41, 5.74) is 3.22. The SMILES string of the molecule is O=C(Cc1ccc(-n2cccc2)cc1)NCc1ccccc1. The van der Waals surface area contributed by atoms with Gasteiger partial charge in [0.15, 0.2) is 0 Å². The molecule has 0 saturated carbocycles. The Labute approximate surface area is 130 Å². The van der Waals surface area contributed by atoms with Crippen LogP contribution in [0, 0.1) is 0 Å². The third-order valence-electron chi connectivity index (χ3n) is 3.54. The quantitative estimate of drug-likeness (QED) is 0.768. The molecule has 3 nitrogen and oxygen atoms in total. The van der Waals surface area contributed by atoms with Crippen LogP contribution in [0.1, 0.15) is 11.1 Å². The molecule has 2 aromatic carbocycles. The molecule has 0 radical (unpaired) electrons. The van der Waals surface area contributed by atoms with Gasteiger partial charge < -0.3 is 9.88 Å². The Bertz CT molecular complexity index is 716. The second-order valence-corrected chi connectivity index (χ2v) is 5.20. The largest absolute Gasteiger partial charge is 0.352 e. The van der Waals surface area contributed by atoms with Gasteiger partial charge in [-0.1, -0.05) is 42.5 Å². The summed E-state index contributed by atoms with van der Waals surface area (Å²) in [6.07, 6.45) is 4.40. The van der Waals surface area contributed by atoms with Crippen LogP contribution in [0.2, 0.25) is 0 Å². The lowest BCUT2D eigenvalue weighted by Crippen LogP contribution is -2.24. The van der Waals surface area contributed by atoms with Crippen LogP contribution in [0.3, 0.4) is 0 Å². The number of carbonyl (C=O) groups is 1. The number of hydrogen-bond donors (Lipinski definition) is 1. The van der Waals surface area contributed by atoms with Crippen LogP contribution < -0.4 is 5.32 Å². The molecule has 0 aliphatic carbocycles. The van der Waals surface area contributed by atoms with Crippen molar-refractivity contribution < 1.29 is 4.79 Å². The van der Waals surface area contributed by atoms with E-state index in [0.717, 1.165) is 16.8 Å². The molecular weight excluding hydrogens is 272 g/mol. The molecule has 22 heavy (non-hydrogen) atoms. The smallest absolute Gasteiger partial charge is 0.224 e. The van der Waals surface area contributed by atoms with E-state index in [4.69, 9.17) is 0 Å². The van der Waals surface area contributed by atoms with Crippen molar-refractivity contribution in [2.45, 2.75) is 13.0 Å². The zero-order valence-electron chi connectivity index (χ0n) is 12.3. The van der Waals surface area contributed by atoms with Crippen molar-refractivity contribution in [2.75, 3.05) is 0 Å². The minimum Gasteiger partial charge on any atom is -0.352 e. The standard InChI is InChI=1S/C19H18N2O/c22-19(20-15-17-6-2-1-3-7-17)14-16-8-10-18(11-9-16)21-12-4-5-13-21/h1-13H,14-15H2,(H,20,22). The molecule has 0 aliphatic heterocycles. The highest BCUT2D eigenvalue weighted by Crippen LogP contribution is 2.10. The normalized spacial score (nSPS) is 10.4. The topological polar surface area (TPSA) is 34.0 Å². The fourth-order valence-electron chi connectivity index (χ4n) is 2.34. The van der Waals surface area contributed by atoms with Gasteiger partial charge in [-0.05, 0) is 35.4 Å². The van der Waals surface area contributed by atoms with Crippen molar-refractivity contribution >= 4 is 5.91 Å². The Balaban J connectivity index is 1.55. The van der Waals surface area contributed by atoms with Crippen LogP contribution in [0.5, 0.6) is 0 Å². The first kappa shape index (κ1) is 14.1. The summed E-state index contributed by atoms with van der Waals surface area (Å²) < 4.78 is 2.04. The van der Waals surface area contributed by atoms with Crippen LogP contribution in [-0.2, 0) is 17.8 Å². The minimum absolute atomic E-state index is 0.0394. The summed E-state index contributed by atoms with van der Waals surface area (Å²) in [7, 11) is 0. The lowest BCUT2D eigenvalue weighted by Gasteiger charge is -2.07. The summed E-state index contributed by atoms with van der Waals surface area (Å²) in [5.74, 6) is 0.0394. The zero-order chi connectivity index (χ0) is 15.2. The monoisotopic (exact) mass is 290 g/mol.